The maximum atomic E-state index is 12.2. The van der Waals surface area contributed by atoms with Crippen molar-refractivity contribution in [3.63, 3.8) is 0 Å². The minimum absolute atomic E-state index is 0.0431. The second-order valence-electron chi connectivity index (χ2n) is 6.05. The number of ether oxygens (including phenoxy) is 1. The van der Waals surface area contributed by atoms with Crippen LogP contribution in [0, 0.1) is 0 Å². The number of nitrogens with zero attached hydrogens (tertiary/aromatic N) is 2. The number of thioether (sulfide) groups is 1. The molecule has 0 unspecified atom stereocenters. The lowest BCUT2D eigenvalue weighted by molar-refractivity contribution is -0.119. The Morgan fingerprint density at radius 2 is 2.28 bits per heavy atom. The van der Waals surface area contributed by atoms with Gasteiger partial charge in [0.05, 0.1) is 24.4 Å². The maximum Gasteiger partial charge on any atom is 0.344 e. The number of carbonyl (C=O) groups excluding carboxylic acids is 1. The van der Waals surface area contributed by atoms with Crippen molar-refractivity contribution in [3.05, 3.63) is 46.4 Å². The van der Waals surface area contributed by atoms with Crippen LogP contribution >= 0.6 is 11.8 Å². The number of rotatable bonds is 7. The van der Waals surface area contributed by atoms with Crippen LogP contribution in [0.3, 0.4) is 0 Å². The molecule has 1 fully saturated rings. The minimum atomic E-state index is -0.268. The molecule has 2 N–H and O–H groups in total. The third kappa shape index (κ3) is 4.73. The number of carbonyl (C=O) groups is 1. The molecule has 2 heterocycles. The van der Waals surface area contributed by atoms with Crippen molar-refractivity contribution in [1.82, 2.24) is 20.1 Å². The average Bonchev–Trinajstić information content (AvgIpc) is 3.25. The molecule has 0 radical (unpaired) electrons. The molecule has 1 aromatic heterocycles. The van der Waals surface area contributed by atoms with E-state index in [4.69, 9.17) is 4.74 Å². The SMILES string of the molecule is C[C@H](NC(=O)CSc1n[nH]c(=O)n1C[C@H]1CCCO1)c1ccccc1. The fraction of sp³-hybridized carbons (Fsp3) is 0.471. The molecular formula is C17H22N4O3S. The van der Waals surface area contributed by atoms with Crippen LogP contribution in [0.4, 0.5) is 0 Å². The zero-order valence-electron chi connectivity index (χ0n) is 14.1. The molecule has 25 heavy (non-hydrogen) atoms. The smallest absolute Gasteiger partial charge is 0.344 e. The maximum absolute atomic E-state index is 12.2. The number of H-pyrrole nitrogens is 1. The van der Waals surface area contributed by atoms with Gasteiger partial charge >= 0.3 is 5.69 Å². The molecule has 1 aromatic carbocycles. The first-order valence-electron chi connectivity index (χ1n) is 8.37. The van der Waals surface area contributed by atoms with Crippen LogP contribution in [0.25, 0.3) is 0 Å². The number of aromatic nitrogens is 3. The fourth-order valence-electron chi connectivity index (χ4n) is 2.80. The number of aromatic amines is 1. The van der Waals surface area contributed by atoms with Gasteiger partial charge in [-0.3, -0.25) is 9.36 Å². The molecule has 0 aliphatic carbocycles. The van der Waals surface area contributed by atoms with Crippen LogP contribution < -0.4 is 11.0 Å². The number of amides is 1. The summed E-state index contributed by atoms with van der Waals surface area (Å²) < 4.78 is 7.12. The van der Waals surface area contributed by atoms with Crippen molar-refractivity contribution in [2.45, 2.75) is 43.6 Å². The molecular weight excluding hydrogens is 340 g/mol. The molecule has 2 atom stereocenters. The van der Waals surface area contributed by atoms with Crippen LogP contribution in [0.15, 0.2) is 40.3 Å². The summed E-state index contributed by atoms with van der Waals surface area (Å²) in [4.78, 5) is 24.1. The number of hydrogen-bond donors (Lipinski definition) is 2. The lowest BCUT2D eigenvalue weighted by Gasteiger charge is -2.14. The largest absolute Gasteiger partial charge is 0.376 e. The summed E-state index contributed by atoms with van der Waals surface area (Å²) in [6, 6.07) is 9.72. The molecule has 8 heteroatoms. The van der Waals surface area contributed by atoms with Gasteiger partial charge in [0.15, 0.2) is 5.16 Å². The van der Waals surface area contributed by atoms with Gasteiger partial charge in [0.2, 0.25) is 5.91 Å². The second-order valence-corrected chi connectivity index (χ2v) is 6.99. The summed E-state index contributed by atoms with van der Waals surface area (Å²) in [5.74, 6) is 0.105. The van der Waals surface area contributed by atoms with Gasteiger partial charge in [-0.1, -0.05) is 42.1 Å². The van der Waals surface area contributed by atoms with Gasteiger partial charge in [-0.25, -0.2) is 9.89 Å². The molecule has 1 saturated heterocycles. The summed E-state index contributed by atoms with van der Waals surface area (Å²) in [5.41, 5.74) is 0.784. The first kappa shape index (κ1) is 17.8. The van der Waals surface area contributed by atoms with Gasteiger partial charge in [-0.15, -0.1) is 5.10 Å². The van der Waals surface area contributed by atoms with Crippen molar-refractivity contribution in [2.24, 2.45) is 0 Å². The summed E-state index contributed by atoms with van der Waals surface area (Å²) in [5, 5.41) is 9.94. The molecule has 1 aliphatic rings. The second kappa shape index (κ2) is 8.35. The van der Waals surface area contributed by atoms with Crippen molar-refractivity contribution >= 4 is 17.7 Å². The Balaban J connectivity index is 1.54. The highest BCUT2D eigenvalue weighted by Crippen LogP contribution is 2.18. The van der Waals surface area contributed by atoms with Crippen LogP contribution in [0.2, 0.25) is 0 Å². The van der Waals surface area contributed by atoms with Crippen LogP contribution in [-0.2, 0) is 16.1 Å². The van der Waals surface area contributed by atoms with E-state index in [1.165, 1.54) is 11.8 Å². The zero-order valence-corrected chi connectivity index (χ0v) is 14.9. The quantitative estimate of drug-likeness (QED) is 0.732. The van der Waals surface area contributed by atoms with Crippen LogP contribution in [-0.4, -0.2) is 39.1 Å². The Labute approximate surface area is 150 Å². The number of hydrogen-bond acceptors (Lipinski definition) is 5. The fourth-order valence-corrected chi connectivity index (χ4v) is 3.57. The molecule has 3 rings (SSSR count). The van der Waals surface area contributed by atoms with E-state index in [2.05, 4.69) is 15.5 Å². The van der Waals surface area contributed by atoms with E-state index in [0.717, 1.165) is 25.0 Å². The monoisotopic (exact) mass is 362 g/mol. The first-order valence-corrected chi connectivity index (χ1v) is 9.36. The van der Waals surface area contributed by atoms with E-state index >= 15 is 0 Å². The van der Waals surface area contributed by atoms with Crippen LogP contribution in [0.5, 0.6) is 0 Å². The van der Waals surface area contributed by atoms with Crippen molar-refractivity contribution in [2.75, 3.05) is 12.4 Å². The molecule has 1 aliphatic heterocycles. The van der Waals surface area contributed by atoms with E-state index in [-0.39, 0.29) is 29.5 Å². The zero-order chi connectivity index (χ0) is 17.6. The molecule has 0 saturated carbocycles. The third-order valence-corrected chi connectivity index (χ3v) is 5.12. The molecule has 0 bridgehead atoms. The predicted octanol–water partition coefficient (Wildman–Crippen LogP) is 1.72. The Morgan fingerprint density at radius 3 is 3.00 bits per heavy atom. The van der Waals surface area contributed by atoms with Gasteiger partial charge in [0.25, 0.3) is 0 Å². The van der Waals surface area contributed by atoms with Gasteiger partial charge < -0.3 is 10.1 Å². The molecule has 1 amide bonds. The summed E-state index contributed by atoms with van der Waals surface area (Å²) in [6.07, 6.45) is 2.00. The normalized spacial score (nSPS) is 18.2. The highest BCUT2D eigenvalue weighted by atomic mass is 32.2. The Morgan fingerprint density at radius 1 is 1.48 bits per heavy atom. The van der Waals surface area contributed by atoms with Crippen molar-refractivity contribution < 1.29 is 9.53 Å². The van der Waals surface area contributed by atoms with Gasteiger partial charge in [-0.2, -0.15) is 0 Å². The Hall–Kier alpha value is -2.06. The third-order valence-electron chi connectivity index (χ3n) is 4.14. The lowest BCUT2D eigenvalue weighted by Crippen LogP contribution is -2.29. The van der Waals surface area contributed by atoms with Gasteiger partial charge in [0, 0.05) is 6.61 Å². The van der Waals surface area contributed by atoms with Gasteiger partial charge in [0.1, 0.15) is 0 Å². The Bertz CT molecular complexity index is 753. The molecule has 7 nitrogen and oxygen atoms in total. The molecule has 0 spiro atoms. The minimum Gasteiger partial charge on any atom is -0.376 e. The topological polar surface area (TPSA) is 89.0 Å². The highest BCUT2D eigenvalue weighted by Gasteiger charge is 2.20. The number of nitrogens with one attached hydrogen (secondary N) is 2. The number of benzene rings is 1. The molecule has 2 aromatic rings. The van der Waals surface area contributed by atoms with E-state index in [1.807, 2.05) is 37.3 Å². The van der Waals surface area contributed by atoms with Gasteiger partial charge in [-0.05, 0) is 25.3 Å². The predicted molar refractivity (Wildman–Crippen MR) is 95.5 cm³/mol. The van der Waals surface area contributed by atoms with E-state index < -0.39 is 0 Å². The molecule has 134 valence electrons. The van der Waals surface area contributed by atoms with Crippen molar-refractivity contribution in [1.29, 1.82) is 0 Å². The summed E-state index contributed by atoms with van der Waals surface area (Å²) >= 11 is 1.25. The Kier molecular flexibility index (Phi) is 5.93. The first-order chi connectivity index (χ1) is 12.1. The van der Waals surface area contributed by atoms with E-state index in [1.54, 1.807) is 4.57 Å². The summed E-state index contributed by atoms with van der Waals surface area (Å²) in [7, 11) is 0. The van der Waals surface area contributed by atoms with Crippen LogP contribution in [0.1, 0.15) is 31.4 Å². The van der Waals surface area contributed by atoms with Crippen molar-refractivity contribution in [3.8, 4) is 0 Å². The summed E-state index contributed by atoms with van der Waals surface area (Å²) in [6.45, 7) is 3.15. The lowest BCUT2D eigenvalue weighted by atomic mass is 10.1. The highest BCUT2D eigenvalue weighted by molar-refractivity contribution is 7.99. The average molecular weight is 362 g/mol. The standard InChI is InChI=1S/C17H22N4O3S/c1-12(13-6-3-2-4-7-13)18-15(22)11-25-17-20-19-16(23)21(17)10-14-8-5-9-24-14/h2-4,6-7,12,14H,5,8-11H2,1H3,(H,18,22)(H,19,23)/t12-,14+/m0/s1. The van der Waals surface area contributed by atoms with E-state index in [9.17, 15) is 9.59 Å². The van der Waals surface area contributed by atoms with E-state index in [0.29, 0.717) is 11.7 Å².